The number of nitrogens with one attached hydrogen (secondary N) is 2. The Balaban J connectivity index is 2.01. The normalized spacial score (nSPS) is 11.5. The third-order valence-corrected chi connectivity index (χ3v) is 5.20. The standard InChI is InChI=1S/C17H18N4O5S/c1-3-13(22)11-6-5-7-12(10-11)27(24,25)20-15-14(17(23)26-4-2)16-18-8-9-21(16)19-15/h5-10,19-20H,3-4H2,1-2H3. The molecule has 1 aromatic carbocycles. The lowest BCUT2D eigenvalue weighted by molar-refractivity contribution is 0.0529. The molecule has 0 aliphatic heterocycles. The van der Waals surface area contributed by atoms with E-state index < -0.39 is 16.0 Å². The van der Waals surface area contributed by atoms with E-state index in [0.29, 0.717) is 5.56 Å². The fraction of sp³-hybridized carbons (Fsp3) is 0.235. The second-order valence-electron chi connectivity index (χ2n) is 5.61. The van der Waals surface area contributed by atoms with Gasteiger partial charge in [-0.25, -0.2) is 22.7 Å². The van der Waals surface area contributed by atoms with Gasteiger partial charge in [0.15, 0.2) is 17.2 Å². The Hall–Kier alpha value is -3.14. The van der Waals surface area contributed by atoms with Gasteiger partial charge in [-0.15, -0.1) is 0 Å². The number of imidazole rings is 1. The molecule has 0 radical (unpaired) electrons. The van der Waals surface area contributed by atoms with E-state index in [-0.39, 0.29) is 40.7 Å². The maximum Gasteiger partial charge on any atom is 0.345 e. The molecule has 2 aromatic heterocycles. The van der Waals surface area contributed by atoms with Crippen molar-refractivity contribution in [3.8, 4) is 0 Å². The molecule has 142 valence electrons. The Morgan fingerprint density at radius 2 is 2.07 bits per heavy atom. The third-order valence-electron chi connectivity index (χ3n) is 3.85. The molecule has 3 aromatic rings. The van der Waals surface area contributed by atoms with Crippen LogP contribution in [0.2, 0.25) is 0 Å². The Morgan fingerprint density at radius 1 is 1.30 bits per heavy atom. The maximum absolute atomic E-state index is 12.8. The summed E-state index contributed by atoms with van der Waals surface area (Å²) in [5.74, 6) is -0.941. The number of esters is 1. The molecule has 2 heterocycles. The number of benzene rings is 1. The summed E-state index contributed by atoms with van der Waals surface area (Å²) in [5, 5.41) is 2.75. The average Bonchev–Trinajstić information content (AvgIpc) is 3.21. The first-order valence-electron chi connectivity index (χ1n) is 8.25. The summed E-state index contributed by atoms with van der Waals surface area (Å²) in [7, 11) is -4.06. The van der Waals surface area contributed by atoms with Gasteiger partial charge < -0.3 is 4.74 Å². The number of ether oxygens (including phenoxy) is 1. The van der Waals surface area contributed by atoms with Gasteiger partial charge in [-0.05, 0) is 19.1 Å². The molecule has 0 aliphatic rings. The Kier molecular flexibility index (Phi) is 5.00. The first-order chi connectivity index (χ1) is 12.9. The van der Waals surface area contributed by atoms with Crippen LogP contribution < -0.4 is 4.72 Å². The molecule has 0 unspecified atom stereocenters. The van der Waals surface area contributed by atoms with E-state index in [1.54, 1.807) is 19.9 Å². The van der Waals surface area contributed by atoms with Gasteiger partial charge in [-0.1, -0.05) is 19.1 Å². The molecule has 0 bridgehead atoms. The number of anilines is 1. The van der Waals surface area contributed by atoms with Crippen molar-refractivity contribution in [1.29, 1.82) is 0 Å². The van der Waals surface area contributed by atoms with Crippen molar-refractivity contribution in [3.05, 3.63) is 47.8 Å². The highest BCUT2D eigenvalue weighted by Gasteiger charge is 2.25. The number of nitrogens with zero attached hydrogens (tertiary/aromatic N) is 2. The first kappa shape index (κ1) is 18.6. The van der Waals surface area contributed by atoms with Gasteiger partial charge in [0.1, 0.15) is 5.56 Å². The number of H-pyrrole nitrogens is 1. The maximum atomic E-state index is 12.8. The van der Waals surface area contributed by atoms with Gasteiger partial charge in [-0.3, -0.25) is 14.6 Å². The number of fused-ring (bicyclic) bond motifs is 1. The second kappa shape index (κ2) is 7.23. The molecule has 3 rings (SSSR count). The highest BCUT2D eigenvalue weighted by atomic mass is 32.2. The fourth-order valence-electron chi connectivity index (χ4n) is 2.57. The van der Waals surface area contributed by atoms with Crippen LogP contribution >= 0.6 is 0 Å². The largest absolute Gasteiger partial charge is 0.462 e. The summed E-state index contributed by atoms with van der Waals surface area (Å²) in [6.07, 6.45) is 3.26. The van der Waals surface area contributed by atoms with Crippen molar-refractivity contribution in [2.24, 2.45) is 0 Å². The van der Waals surface area contributed by atoms with E-state index in [0.717, 1.165) is 0 Å². The molecule has 0 saturated carbocycles. The fourth-order valence-corrected chi connectivity index (χ4v) is 3.65. The number of ketones is 1. The summed E-state index contributed by atoms with van der Waals surface area (Å²) in [6.45, 7) is 3.47. The molecule has 0 spiro atoms. The molecule has 2 N–H and O–H groups in total. The number of carbonyl (C=O) groups is 2. The molecular formula is C17H18N4O5S. The summed E-state index contributed by atoms with van der Waals surface area (Å²) in [4.78, 5) is 28.1. The molecule has 9 nitrogen and oxygen atoms in total. The molecule has 10 heteroatoms. The topological polar surface area (TPSA) is 123 Å². The van der Waals surface area contributed by atoms with Crippen molar-refractivity contribution in [2.75, 3.05) is 11.3 Å². The van der Waals surface area contributed by atoms with Gasteiger partial charge in [0, 0.05) is 24.4 Å². The second-order valence-corrected chi connectivity index (χ2v) is 7.30. The lowest BCUT2D eigenvalue weighted by atomic mass is 10.1. The zero-order valence-electron chi connectivity index (χ0n) is 14.7. The average molecular weight is 390 g/mol. The number of aromatic nitrogens is 3. The molecule has 0 atom stereocenters. The first-order valence-corrected chi connectivity index (χ1v) is 9.74. The van der Waals surface area contributed by atoms with Gasteiger partial charge >= 0.3 is 5.97 Å². The van der Waals surface area contributed by atoms with E-state index >= 15 is 0 Å². The number of hydrogen-bond donors (Lipinski definition) is 2. The van der Waals surface area contributed by atoms with E-state index in [4.69, 9.17) is 4.74 Å². The van der Waals surface area contributed by atoms with Crippen molar-refractivity contribution in [3.63, 3.8) is 0 Å². The number of sulfonamides is 1. The smallest absolute Gasteiger partial charge is 0.345 e. The highest BCUT2D eigenvalue weighted by Crippen LogP contribution is 2.24. The number of hydrogen-bond acceptors (Lipinski definition) is 6. The quantitative estimate of drug-likeness (QED) is 0.471. The van der Waals surface area contributed by atoms with E-state index in [1.165, 1.54) is 35.1 Å². The lowest BCUT2D eigenvalue weighted by Crippen LogP contribution is -2.17. The number of Topliss-reactive ketones (excluding diaryl/α,β-unsaturated/α-hetero) is 1. The summed E-state index contributed by atoms with van der Waals surface area (Å²) in [5.41, 5.74) is 0.513. The van der Waals surface area contributed by atoms with Gasteiger partial charge in [0.2, 0.25) is 0 Å². The van der Waals surface area contributed by atoms with Crippen LogP contribution in [0.25, 0.3) is 5.65 Å². The Morgan fingerprint density at radius 3 is 2.78 bits per heavy atom. The number of aromatic amines is 1. The molecular weight excluding hydrogens is 372 g/mol. The number of carbonyl (C=O) groups excluding carboxylic acids is 2. The SMILES string of the molecule is CCOC(=O)c1c(NS(=O)(=O)c2cccc(C(=O)CC)c2)[nH]n2ccnc12. The number of rotatable bonds is 7. The van der Waals surface area contributed by atoms with E-state index in [2.05, 4.69) is 14.8 Å². The lowest BCUT2D eigenvalue weighted by Gasteiger charge is -2.09. The van der Waals surface area contributed by atoms with Crippen LogP contribution in [0, 0.1) is 0 Å². The molecule has 0 fully saturated rings. The predicted octanol–water partition coefficient (Wildman–Crippen LogP) is 2.23. The molecule has 0 amide bonds. The molecule has 27 heavy (non-hydrogen) atoms. The van der Waals surface area contributed by atoms with Crippen LogP contribution in [-0.2, 0) is 14.8 Å². The minimum Gasteiger partial charge on any atom is -0.462 e. The summed E-state index contributed by atoms with van der Waals surface area (Å²) < 4.78 is 34.3. The van der Waals surface area contributed by atoms with Gasteiger partial charge in [-0.2, -0.15) is 0 Å². The van der Waals surface area contributed by atoms with Crippen molar-refractivity contribution >= 4 is 33.2 Å². The monoisotopic (exact) mass is 390 g/mol. The molecule has 0 saturated heterocycles. The van der Waals surface area contributed by atoms with Crippen molar-refractivity contribution in [2.45, 2.75) is 25.2 Å². The van der Waals surface area contributed by atoms with Gasteiger partial charge in [0.05, 0.1) is 11.5 Å². The van der Waals surface area contributed by atoms with Crippen LogP contribution in [0.3, 0.4) is 0 Å². The minimum atomic E-state index is -4.06. The third kappa shape index (κ3) is 3.56. The van der Waals surface area contributed by atoms with Crippen molar-refractivity contribution in [1.82, 2.24) is 14.6 Å². The zero-order chi connectivity index (χ0) is 19.6. The van der Waals surface area contributed by atoms with Crippen LogP contribution in [0.1, 0.15) is 41.0 Å². The summed E-state index contributed by atoms with van der Waals surface area (Å²) >= 11 is 0. The predicted molar refractivity (Wildman–Crippen MR) is 97.4 cm³/mol. The Labute approximate surface area is 155 Å². The summed E-state index contributed by atoms with van der Waals surface area (Å²) in [6, 6.07) is 5.71. The van der Waals surface area contributed by atoms with Crippen LogP contribution in [-0.4, -0.2) is 41.4 Å². The molecule has 0 aliphatic carbocycles. The van der Waals surface area contributed by atoms with Gasteiger partial charge in [0.25, 0.3) is 10.0 Å². The van der Waals surface area contributed by atoms with Crippen LogP contribution in [0.5, 0.6) is 0 Å². The van der Waals surface area contributed by atoms with Crippen LogP contribution in [0.15, 0.2) is 41.6 Å². The zero-order valence-corrected chi connectivity index (χ0v) is 15.5. The van der Waals surface area contributed by atoms with E-state index in [9.17, 15) is 18.0 Å². The van der Waals surface area contributed by atoms with Crippen LogP contribution in [0.4, 0.5) is 5.82 Å². The van der Waals surface area contributed by atoms with E-state index in [1.807, 2.05) is 0 Å². The Bertz CT molecular complexity index is 1110. The highest BCUT2D eigenvalue weighted by molar-refractivity contribution is 7.92. The van der Waals surface area contributed by atoms with Crippen molar-refractivity contribution < 1.29 is 22.7 Å². The minimum absolute atomic E-state index is 0.0220.